The van der Waals surface area contributed by atoms with E-state index in [-0.39, 0.29) is 22.4 Å². The molecular weight excluding hydrogens is 476 g/mol. The lowest BCUT2D eigenvalue weighted by Gasteiger charge is -2.44. The molecule has 0 amide bonds. The van der Waals surface area contributed by atoms with E-state index in [0.717, 1.165) is 47.6 Å². The Balaban J connectivity index is 2.12. The maximum Gasteiger partial charge on any atom is 0.122 e. The topological polar surface area (TPSA) is 65.0 Å². The zero-order valence-corrected chi connectivity index (χ0v) is 24.9. The highest BCUT2D eigenvalue weighted by Gasteiger charge is 2.44. The number of nitrogens with zero attached hydrogens (tertiary/aromatic N) is 2. The molecule has 1 N–H and O–H groups in total. The first-order valence-corrected chi connectivity index (χ1v) is 13.7. The van der Waals surface area contributed by atoms with E-state index >= 15 is 0 Å². The van der Waals surface area contributed by atoms with Gasteiger partial charge >= 0.3 is 0 Å². The predicted octanol–water partition coefficient (Wildman–Crippen LogP) is 5.53. The van der Waals surface area contributed by atoms with Crippen LogP contribution in [0.25, 0.3) is 0 Å². The van der Waals surface area contributed by atoms with Crippen LogP contribution in [-0.2, 0) is 12.8 Å². The van der Waals surface area contributed by atoms with E-state index in [9.17, 15) is 10.3 Å². The molecule has 3 atom stereocenters. The molecule has 0 heterocycles. The quantitative estimate of drug-likeness (QED) is 0.238. The highest BCUT2D eigenvalue weighted by atomic mass is 16.5. The van der Waals surface area contributed by atoms with Gasteiger partial charge in [-0.25, -0.2) is 0 Å². The second-order valence-corrected chi connectivity index (χ2v) is 12.3. The van der Waals surface area contributed by atoms with E-state index in [1.54, 1.807) is 28.3 Å². The first-order valence-electron chi connectivity index (χ1n) is 13.7. The molecule has 1 aliphatic carbocycles. The van der Waals surface area contributed by atoms with E-state index in [1.807, 2.05) is 19.9 Å². The fourth-order valence-corrected chi connectivity index (χ4v) is 5.90. The molecule has 3 rings (SSSR count). The predicted molar refractivity (Wildman–Crippen MR) is 156 cm³/mol. The number of likely N-dealkylation sites (N-methyl/N-ethyl adjacent to an activating group) is 2. The van der Waals surface area contributed by atoms with E-state index in [4.69, 9.17) is 9.47 Å². The first-order chi connectivity index (χ1) is 17.7. The van der Waals surface area contributed by atoms with Gasteiger partial charge in [0.2, 0.25) is 0 Å². The Morgan fingerprint density at radius 2 is 1.53 bits per heavy atom. The Hall–Kier alpha value is -2.38. The number of rotatable bonds is 11. The number of methoxy groups -OCH3 is 2. The van der Waals surface area contributed by atoms with Gasteiger partial charge in [0, 0.05) is 30.4 Å². The molecule has 0 fully saturated rings. The number of quaternary nitrogens is 1. The van der Waals surface area contributed by atoms with Gasteiger partial charge in [0.15, 0.2) is 0 Å². The molecular formula is C32H48N2O4. The molecule has 1 aliphatic rings. The maximum absolute atomic E-state index is 12.2. The summed E-state index contributed by atoms with van der Waals surface area (Å²) in [5.41, 5.74) is 4.89. The highest BCUT2D eigenvalue weighted by Crippen LogP contribution is 2.53. The number of allylic oxidation sites excluding steroid dienone is 2. The summed E-state index contributed by atoms with van der Waals surface area (Å²) in [5.74, 6) is 1.56. The van der Waals surface area contributed by atoms with Crippen LogP contribution in [0.5, 0.6) is 11.5 Å². The molecule has 0 saturated carbocycles. The summed E-state index contributed by atoms with van der Waals surface area (Å²) in [7, 11) is 11.0. The van der Waals surface area contributed by atoms with Crippen molar-refractivity contribution in [3.63, 3.8) is 0 Å². The number of ether oxygens (including phenoxy) is 2. The fourth-order valence-electron chi connectivity index (χ4n) is 5.90. The van der Waals surface area contributed by atoms with Crippen molar-refractivity contribution in [2.24, 2.45) is 5.92 Å². The number of benzene rings is 2. The first kappa shape index (κ1) is 30.2. The molecule has 0 saturated heterocycles. The molecule has 6 nitrogen and oxygen atoms in total. The van der Waals surface area contributed by atoms with E-state index < -0.39 is 5.60 Å². The number of hydrogen-bond donors (Lipinski definition) is 1. The number of aliphatic hydroxyl groups is 1. The van der Waals surface area contributed by atoms with Crippen LogP contribution in [0.3, 0.4) is 0 Å². The Morgan fingerprint density at radius 1 is 0.974 bits per heavy atom. The van der Waals surface area contributed by atoms with Crippen molar-refractivity contribution >= 4 is 0 Å². The van der Waals surface area contributed by atoms with Gasteiger partial charge < -0.3 is 29.3 Å². The van der Waals surface area contributed by atoms with Gasteiger partial charge in [-0.05, 0) is 82.4 Å². The van der Waals surface area contributed by atoms with Crippen molar-refractivity contribution < 1.29 is 19.2 Å². The number of hydroxylamine groups is 3. The minimum absolute atomic E-state index is 0.0322. The van der Waals surface area contributed by atoms with Crippen LogP contribution in [0.4, 0.5) is 0 Å². The number of hydrogen-bond acceptors (Lipinski definition) is 5. The lowest BCUT2D eigenvalue weighted by molar-refractivity contribution is -0.839. The van der Waals surface area contributed by atoms with Gasteiger partial charge in [-0.3, -0.25) is 0 Å². The summed E-state index contributed by atoms with van der Waals surface area (Å²) in [6.07, 6.45) is 4.78. The summed E-state index contributed by atoms with van der Waals surface area (Å²) in [6.45, 7) is 7.48. The van der Waals surface area contributed by atoms with Gasteiger partial charge in [-0.1, -0.05) is 35.9 Å². The zero-order chi connectivity index (χ0) is 28.3. The molecule has 2 aromatic rings. The fraction of sp³-hybridized carbons (Fsp3) is 0.562. The molecule has 0 bridgehead atoms. The minimum atomic E-state index is -0.966. The Bertz CT molecular complexity index is 1110. The van der Waals surface area contributed by atoms with Gasteiger partial charge in [-0.15, -0.1) is 0 Å². The molecule has 210 valence electrons. The van der Waals surface area contributed by atoms with Gasteiger partial charge in [0.1, 0.15) is 11.5 Å². The van der Waals surface area contributed by atoms with Crippen LogP contribution in [0.1, 0.15) is 61.3 Å². The average molecular weight is 525 g/mol. The molecule has 0 spiro atoms. The summed E-state index contributed by atoms with van der Waals surface area (Å²) < 4.78 is 11.4. The highest BCUT2D eigenvalue weighted by molar-refractivity contribution is 5.48. The molecule has 0 aromatic heterocycles. The van der Waals surface area contributed by atoms with E-state index in [2.05, 4.69) is 62.3 Å². The lowest BCUT2D eigenvalue weighted by Crippen LogP contribution is -2.41. The Kier molecular flexibility index (Phi) is 9.69. The largest absolute Gasteiger partial charge is 0.633 e. The molecule has 0 radical (unpaired) electrons. The van der Waals surface area contributed by atoms with Crippen molar-refractivity contribution in [2.45, 2.75) is 57.5 Å². The maximum atomic E-state index is 12.2. The van der Waals surface area contributed by atoms with Crippen LogP contribution < -0.4 is 9.47 Å². The second kappa shape index (κ2) is 12.2. The van der Waals surface area contributed by atoms with Crippen molar-refractivity contribution in [3.05, 3.63) is 75.5 Å². The van der Waals surface area contributed by atoms with Gasteiger partial charge in [-0.2, -0.15) is 0 Å². The molecule has 0 aliphatic heterocycles. The summed E-state index contributed by atoms with van der Waals surface area (Å²) >= 11 is 0. The van der Waals surface area contributed by atoms with Crippen molar-refractivity contribution in [3.8, 4) is 11.5 Å². The monoisotopic (exact) mass is 524 g/mol. The van der Waals surface area contributed by atoms with Crippen LogP contribution in [-0.4, -0.2) is 75.8 Å². The van der Waals surface area contributed by atoms with Gasteiger partial charge in [0.25, 0.3) is 0 Å². The third-order valence-corrected chi connectivity index (χ3v) is 7.78. The standard InChI is InChI=1S/C32H48N2O4/c1-22-18-27(25-20-23(14-16-33(4)5)10-12-29(25)37-8)31(32(2,3)35)28(19-22)26-21-24(11-13-30(26)38-9)15-17-34(6,7)36/h10-13,18,20-21,27-28,31,35H,14-17,19H2,1-9H3. The second-order valence-electron chi connectivity index (χ2n) is 12.3. The van der Waals surface area contributed by atoms with Crippen LogP contribution in [0.2, 0.25) is 0 Å². The minimum Gasteiger partial charge on any atom is -0.633 e. The van der Waals surface area contributed by atoms with Gasteiger partial charge in [0.05, 0.1) is 40.5 Å². The van der Waals surface area contributed by atoms with Crippen molar-refractivity contribution in [2.75, 3.05) is 55.5 Å². The Labute approximate surface area is 230 Å². The summed E-state index contributed by atoms with van der Waals surface area (Å²) in [6, 6.07) is 12.7. The van der Waals surface area contributed by atoms with Crippen LogP contribution in [0, 0.1) is 11.1 Å². The third-order valence-electron chi connectivity index (χ3n) is 7.78. The van der Waals surface area contributed by atoms with E-state index in [1.165, 1.54) is 11.1 Å². The molecule has 38 heavy (non-hydrogen) atoms. The third kappa shape index (κ3) is 7.60. The van der Waals surface area contributed by atoms with E-state index in [0.29, 0.717) is 13.0 Å². The lowest BCUT2D eigenvalue weighted by atomic mass is 9.62. The molecule has 2 aromatic carbocycles. The smallest absolute Gasteiger partial charge is 0.122 e. The van der Waals surface area contributed by atoms with Crippen LogP contribution in [0.15, 0.2) is 48.0 Å². The average Bonchev–Trinajstić information content (AvgIpc) is 2.84. The zero-order valence-electron chi connectivity index (χ0n) is 24.9. The van der Waals surface area contributed by atoms with Crippen molar-refractivity contribution in [1.82, 2.24) is 4.90 Å². The van der Waals surface area contributed by atoms with Crippen molar-refractivity contribution in [1.29, 1.82) is 0 Å². The van der Waals surface area contributed by atoms with Crippen LogP contribution >= 0.6 is 0 Å². The molecule has 3 unspecified atom stereocenters. The summed E-state index contributed by atoms with van der Waals surface area (Å²) in [4.78, 5) is 2.19. The SMILES string of the molecule is COc1ccc(CCN(C)C)cc1C1C=C(C)CC(c2cc(CC[N+](C)(C)[O-])ccc2OC)C1C(C)(C)O. The normalized spacial score (nSPS) is 20.4. The Morgan fingerprint density at radius 3 is 2.05 bits per heavy atom. The summed E-state index contributed by atoms with van der Waals surface area (Å²) in [5, 5.41) is 23.9. The molecule has 6 heteroatoms.